The van der Waals surface area contributed by atoms with Gasteiger partial charge in [-0.25, -0.2) is 0 Å². The van der Waals surface area contributed by atoms with Crippen molar-refractivity contribution in [2.75, 3.05) is 23.9 Å². The molecule has 2 amide bonds. The molecule has 0 radical (unpaired) electrons. The molecule has 27 heavy (non-hydrogen) atoms. The zero-order valence-corrected chi connectivity index (χ0v) is 14.5. The summed E-state index contributed by atoms with van der Waals surface area (Å²) in [5, 5.41) is 2.57. The molecular weight excluding hydrogens is 358 g/mol. The van der Waals surface area contributed by atoms with E-state index in [9.17, 15) is 18.4 Å². The van der Waals surface area contributed by atoms with Crippen molar-refractivity contribution in [1.82, 2.24) is 0 Å². The highest BCUT2D eigenvalue weighted by Gasteiger charge is 2.36. The monoisotopic (exact) mass is 376 g/mol. The van der Waals surface area contributed by atoms with Gasteiger partial charge < -0.3 is 19.7 Å². The highest BCUT2D eigenvalue weighted by molar-refractivity contribution is 6.04. The van der Waals surface area contributed by atoms with Gasteiger partial charge in [0, 0.05) is 13.0 Å². The summed E-state index contributed by atoms with van der Waals surface area (Å²) in [5.41, 5.74) is 0.715. The standard InChI is InChI=1S/C19H18F2N2O4/c1-26-16-9-5-3-7-14(16)23-11-12(10-17(23)24)18(25)22-13-6-2-4-8-15(13)27-19(20)21/h2-9,12,19H,10-11H2,1H3,(H,22,25). The van der Waals surface area contributed by atoms with Crippen molar-refractivity contribution in [2.45, 2.75) is 13.0 Å². The SMILES string of the molecule is COc1ccccc1N1CC(C(=O)Nc2ccccc2OC(F)F)CC1=O. The number of carbonyl (C=O) groups is 2. The molecule has 3 rings (SSSR count). The van der Waals surface area contributed by atoms with Gasteiger partial charge in [-0.05, 0) is 24.3 Å². The van der Waals surface area contributed by atoms with Gasteiger partial charge >= 0.3 is 6.61 Å². The van der Waals surface area contributed by atoms with Crippen molar-refractivity contribution in [2.24, 2.45) is 5.92 Å². The molecule has 0 aliphatic carbocycles. The van der Waals surface area contributed by atoms with Gasteiger partial charge in [-0.1, -0.05) is 24.3 Å². The van der Waals surface area contributed by atoms with Crippen LogP contribution in [0.5, 0.6) is 11.5 Å². The topological polar surface area (TPSA) is 67.9 Å². The lowest BCUT2D eigenvalue weighted by Gasteiger charge is -2.19. The number of ether oxygens (including phenoxy) is 2. The lowest BCUT2D eigenvalue weighted by atomic mass is 10.1. The van der Waals surface area contributed by atoms with Crippen molar-refractivity contribution in [3.63, 3.8) is 0 Å². The molecule has 8 heteroatoms. The fourth-order valence-electron chi connectivity index (χ4n) is 2.97. The van der Waals surface area contributed by atoms with Crippen LogP contribution in [-0.4, -0.2) is 32.1 Å². The van der Waals surface area contributed by atoms with Crippen molar-refractivity contribution in [3.8, 4) is 11.5 Å². The third-order valence-electron chi connectivity index (χ3n) is 4.23. The van der Waals surface area contributed by atoms with Crippen LogP contribution in [0.3, 0.4) is 0 Å². The van der Waals surface area contributed by atoms with Crippen LogP contribution in [0.15, 0.2) is 48.5 Å². The normalized spacial score (nSPS) is 16.5. The Kier molecular flexibility index (Phi) is 5.54. The number of amides is 2. The molecule has 0 bridgehead atoms. The zero-order valence-electron chi connectivity index (χ0n) is 14.5. The molecule has 0 saturated carbocycles. The summed E-state index contributed by atoms with van der Waals surface area (Å²) in [5.74, 6) is -0.876. The number of hydrogen-bond acceptors (Lipinski definition) is 4. The Bertz CT molecular complexity index is 844. The molecule has 1 atom stereocenters. The predicted octanol–water partition coefficient (Wildman–Crippen LogP) is 3.29. The van der Waals surface area contributed by atoms with Crippen LogP contribution >= 0.6 is 0 Å². The summed E-state index contributed by atoms with van der Waals surface area (Å²) >= 11 is 0. The van der Waals surface area contributed by atoms with Gasteiger partial charge in [-0.2, -0.15) is 8.78 Å². The summed E-state index contributed by atoms with van der Waals surface area (Å²) < 4.78 is 34.7. The predicted molar refractivity (Wildman–Crippen MR) is 95.2 cm³/mol. The van der Waals surface area contributed by atoms with Crippen LogP contribution in [0.2, 0.25) is 0 Å². The van der Waals surface area contributed by atoms with Crippen LogP contribution in [0.1, 0.15) is 6.42 Å². The van der Waals surface area contributed by atoms with E-state index in [0.29, 0.717) is 11.4 Å². The van der Waals surface area contributed by atoms with Gasteiger partial charge in [0.05, 0.1) is 24.4 Å². The first-order valence-corrected chi connectivity index (χ1v) is 8.27. The number of carbonyl (C=O) groups excluding carboxylic acids is 2. The third-order valence-corrected chi connectivity index (χ3v) is 4.23. The molecule has 2 aromatic carbocycles. The maximum atomic E-state index is 12.6. The smallest absolute Gasteiger partial charge is 0.387 e. The number of nitrogens with zero attached hydrogens (tertiary/aromatic N) is 1. The quantitative estimate of drug-likeness (QED) is 0.840. The minimum absolute atomic E-state index is 0.0156. The molecular formula is C19H18F2N2O4. The van der Waals surface area contributed by atoms with Crippen LogP contribution < -0.4 is 19.7 Å². The van der Waals surface area contributed by atoms with E-state index in [1.807, 2.05) is 0 Å². The van der Waals surface area contributed by atoms with E-state index in [4.69, 9.17) is 4.74 Å². The summed E-state index contributed by atoms with van der Waals surface area (Å²) in [6, 6.07) is 12.9. The maximum absolute atomic E-state index is 12.6. The third kappa shape index (κ3) is 4.16. The molecule has 6 nitrogen and oxygen atoms in total. The molecule has 1 aliphatic heterocycles. The van der Waals surface area contributed by atoms with Crippen molar-refractivity contribution < 1.29 is 27.8 Å². The van der Waals surface area contributed by atoms with Crippen LogP contribution in [0, 0.1) is 5.92 Å². The largest absolute Gasteiger partial charge is 0.495 e. The highest BCUT2D eigenvalue weighted by atomic mass is 19.3. The lowest BCUT2D eigenvalue weighted by Crippen LogP contribution is -2.28. The second kappa shape index (κ2) is 8.03. The molecule has 1 heterocycles. The second-order valence-corrected chi connectivity index (χ2v) is 5.94. The lowest BCUT2D eigenvalue weighted by molar-refractivity contribution is -0.122. The second-order valence-electron chi connectivity index (χ2n) is 5.94. The van der Waals surface area contributed by atoms with E-state index in [-0.39, 0.29) is 30.3 Å². The number of para-hydroxylation sites is 4. The first-order valence-electron chi connectivity index (χ1n) is 8.27. The first-order chi connectivity index (χ1) is 13.0. The minimum Gasteiger partial charge on any atom is -0.495 e. The number of nitrogens with one attached hydrogen (secondary N) is 1. The number of rotatable bonds is 6. The molecule has 142 valence electrons. The average Bonchev–Trinajstić information content (AvgIpc) is 3.04. The molecule has 1 N–H and O–H groups in total. The number of benzene rings is 2. The Hall–Kier alpha value is -3.16. The molecule has 0 spiro atoms. The van der Waals surface area contributed by atoms with Gasteiger partial charge in [-0.3, -0.25) is 9.59 Å². The highest BCUT2D eigenvalue weighted by Crippen LogP contribution is 2.33. The number of anilines is 2. The Morgan fingerprint density at radius 3 is 2.52 bits per heavy atom. The number of hydrogen-bond donors (Lipinski definition) is 1. The molecule has 1 fully saturated rings. The summed E-state index contributed by atoms with van der Waals surface area (Å²) in [6.07, 6.45) is 0.0156. The van der Waals surface area contributed by atoms with E-state index in [1.54, 1.807) is 30.3 Å². The minimum atomic E-state index is -3.00. The number of methoxy groups -OCH3 is 1. The van der Waals surface area contributed by atoms with Crippen LogP contribution in [0.25, 0.3) is 0 Å². The number of halogens is 2. The average molecular weight is 376 g/mol. The summed E-state index contributed by atoms with van der Waals surface area (Å²) in [6.45, 7) is -2.83. The zero-order chi connectivity index (χ0) is 19.4. The van der Waals surface area contributed by atoms with Crippen molar-refractivity contribution >= 4 is 23.2 Å². The van der Waals surface area contributed by atoms with Gasteiger partial charge in [-0.15, -0.1) is 0 Å². The van der Waals surface area contributed by atoms with Gasteiger partial charge in [0.1, 0.15) is 11.5 Å². The fraction of sp³-hybridized carbons (Fsp3) is 0.263. The number of alkyl halides is 2. The maximum Gasteiger partial charge on any atom is 0.387 e. The summed E-state index contributed by atoms with van der Waals surface area (Å²) in [7, 11) is 1.50. The van der Waals surface area contributed by atoms with E-state index in [2.05, 4.69) is 10.1 Å². The van der Waals surface area contributed by atoms with E-state index < -0.39 is 18.4 Å². The van der Waals surface area contributed by atoms with Gasteiger partial charge in [0.2, 0.25) is 11.8 Å². The van der Waals surface area contributed by atoms with Crippen LogP contribution in [-0.2, 0) is 9.59 Å². The Morgan fingerprint density at radius 1 is 1.15 bits per heavy atom. The van der Waals surface area contributed by atoms with Crippen molar-refractivity contribution in [3.05, 3.63) is 48.5 Å². The van der Waals surface area contributed by atoms with E-state index >= 15 is 0 Å². The van der Waals surface area contributed by atoms with E-state index in [0.717, 1.165) is 0 Å². The van der Waals surface area contributed by atoms with Crippen molar-refractivity contribution in [1.29, 1.82) is 0 Å². The van der Waals surface area contributed by atoms with E-state index in [1.165, 1.54) is 30.2 Å². The molecule has 1 saturated heterocycles. The summed E-state index contributed by atoms with van der Waals surface area (Å²) in [4.78, 5) is 26.4. The Balaban J connectivity index is 1.73. The Morgan fingerprint density at radius 2 is 1.81 bits per heavy atom. The fourth-order valence-corrected chi connectivity index (χ4v) is 2.97. The van der Waals surface area contributed by atoms with Gasteiger partial charge in [0.15, 0.2) is 0 Å². The molecule has 1 unspecified atom stereocenters. The molecule has 1 aliphatic rings. The van der Waals surface area contributed by atoms with Crippen LogP contribution in [0.4, 0.5) is 20.2 Å². The Labute approximate surface area is 154 Å². The molecule has 2 aromatic rings. The molecule has 0 aromatic heterocycles. The first kappa shape index (κ1) is 18.6. The van der Waals surface area contributed by atoms with Gasteiger partial charge in [0.25, 0.3) is 0 Å².